The molecule has 5 nitrogen and oxygen atoms in total. The lowest BCUT2D eigenvalue weighted by molar-refractivity contribution is -0.142. The van der Waals surface area contributed by atoms with Crippen LogP contribution in [0.25, 0.3) is 0 Å². The van der Waals surface area contributed by atoms with Crippen molar-refractivity contribution in [3.63, 3.8) is 0 Å². The maximum Gasteiger partial charge on any atom is 0.326 e. The SMILES string of the molecule is CCCC[C@H](NC(=O)COCCc1ccccc1)C(=O)O. The van der Waals surface area contributed by atoms with E-state index in [9.17, 15) is 9.59 Å². The number of ether oxygens (including phenoxy) is 1. The lowest BCUT2D eigenvalue weighted by atomic mass is 10.1. The van der Waals surface area contributed by atoms with Crippen molar-refractivity contribution in [2.75, 3.05) is 13.2 Å². The molecule has 116 valence electrons. The topological polar surface area (TPSA) is 75.6 Å². The normalized spacial score (nSPS) is 11.9. The minimum Gasteiger partial charge on any atom is -0.480 e. The lowest BCUT2D eigenvalue weighted by Crippen LogP contribution is -2.42. The third-order valence-corrected chi connectivity index (χ3v) is 3.09. The van der Waals surface area contributed by atoms with Crippen molar-refractivity contribution in [1.29, 1.82) is 0 Å². The highest BCUT2D eigenvalue weighted by molar-refractivity contribution is 5.84. The van der Waals surface area contributed by atoms with E-state index in [4.69, 9.17) is 9.84 Å². The number of unbranched alkanes of at least 4 members (excludes halogenated alkanes) is 1. The Morgan fingerprint density at radius 2 is 2.00 bits per heavy atom. The first-order chi connectivity index (χ1) is 10.1. The summed E-state index contributed by atoms with van der Waals surface area (Å²) < 4.78 is 5.28. The molecule has 0 aliphatic rings. The number of amides is 1. The van der Waals surface area contributed by atoms with Crippen LogP contribution in [0, 0.1) is 0 Å². The number of benzene rings is 1. The summed E-state index contributed by atoms with van der Waals surface area (Å²) in [5, 5.41) is 11.5. The molecule has 0 saturated heterocycles. The maximum absolute atomic E-state index is 11.6. The number of rotatable bonds is 10. The van der Waals surface area contributed by atoms with E-state index in [0.29, 0.717) is 13.0 Å². The van der Waals surface area contributed by atoms with Crippen LogP contribution in [0.5, 0.6) is 0 Å². The second-order valence-corrected chi connectivity index (χ2v) is 4.89. The van der Waals surface area contributed by atoms with Gasteiger partial charge in [0.25, 0.3) is 0 Å². The average Bonchev–Trinajstić information content (AvgIpc) is 2.48. The Morgan fingerprint density at radius 3 is 2.62 bits per heavy atom. The first-order valence-corrected chi connectivity index (χ1v) is 7.27. The van der Waals surface area contributed by atoms with Crippen LogP contribution >= 0.6 is 0 Å². The zero-order chi connectivity index (χ0) is 15.5. The van der Waals surface area contributed by atoms with Crippen LogP contribution in [0.2, 0.25) is 0 Å². The Labute approximate surface area is 125 Å². The van der Waals surface area contributed by atoms with E-state index in [2.05, 4.69) is 5.32 Å². The molecule has 0 aliphatic carbocycles. The van der Waals surface area contributed by atoms with Crippen molar-refractivity contribution >= 4 is 11.9 Å². The second-order valence-electron chi connectivity index (χ2n) is 4.89. The van der Waals surface area contributed by atoms with Crippen molar-refractivity contribution in [3.05, 3.63) is 35.9 Å². The molecule has 0 radical (unpaired) electrons. The fraction of sp³-hybridized carbons (Fsp3) is 0.500. The molecule has 0 fully saturated rings. The van der Waals surface area contributed by atoms with Gasteiger partial charge in [-0.25, -0.2) is 4.79 Å². The van der Waals surface area contributed by atoms with Crippen LogP contribution in [-0.2, 0) is 20.7 Å². The summed E-state index contributed by atoms with van der Waals surface area (Å²) in [6.07, 6.45) is 2.84. The zero-order valence-electron chi connectivity index (χ0n) is 12.4. The number of aliphatic carboxylic acids is 1. The van der Waals surface area contributed by atoms with Gasteiger partial charge in [-0.1, -0.05) is 50.1 Å². The quantitative estimate of drug-likeness (QED) is 0.647. The molecule has 0 spiro atoms. The van der Waals surface area contributed by atoms with Crippen LogP contribution in [0.15, 0.2) is 30.3 Å². The highest BCUT2D eigenvalue weighted by Gasteiger charge is 2.18. The molecule has 1 aromatic carbocycles. The Balaban J connectivity index is 2.21. The fourth-order valence-electron chi connectivity index (χ4n) is 1.90. The van der Waals surface area contributed by atoms with Gasteiger partial charge >= 0.3 is 5.97 Å². The summed E-state index contributed by atoms with van der Waals surface area (Å²) in [4.78, 5) is 22.6. The molecule has 0 aromatic heterocycles. The average molecular weight is 293 g/mol. The summed E-state index contributed by atoms with van der Waals surface area (Å²) >= 11 is 0. The zero-order valence-corrected chi connectivity index (χ0v) is 12.4. The lowest BCUT2D eigenvalue weighted by Gasteiger charge is -2.14. The monoisotopic (exact) mass is 293 g/mol. The van der Waals surface area contributed by atoms with E-state index in [1.165, 1.54) is 0 Å². The highest BCUT2D eigenvalue weighted by Crippen LogP contribution is 2.01. The van der Waals surface area contributed by atoms with Gasteiger partial charge in [0.1, 0.15) is 12.6 Å². The predicted molar refractivity (Wildman–Crippen MR) is 80.1 cm³/mol. The largest absolute Gasteiger partial charge is 0.480 e. The van der Waals surface area contributed by atoms with Crippen LogP contribution in [0.1, 0.15) is 31.7 Å². The van der Waals surface area contributed by atoms with Gasteiger partial charge in [-0.15, -0.1) is 0 Å². The van der Waals surface area contributed by atoms with Crippen molar-refractivity contribution < 1.29 is 19.4 Å². The number of carboxylic acids is 1. The molecule has 21 heavy (non-hydrogen) atoms. The van der Waals surface area contributed by atoms with Crippen LogP contribution < -0.4 is 5.32 Å². The Morgan fingerprint density at radius 1 is 1.29 bits per heavy atom. The first-order valence-electron chi connectivity index (χ1n) is 7.27. The highest BCUT2D eigenvalue weighted by atomic mass is 16.5. The van der Waals surface area contributed by atoms with Crippen molar-refractivity contribution in [3.8, 4) is 0 Å². The van der Waals surface area contributed by atoms with Crippen molar-refractivity contribution in [2.45, 2.75) is 38.6 Å². The Kier molecular flexibility index (Phi) is 8.12. The minimum absolute atomic E-state index is 0.108. The first kappa shape index (κ1) is 17.2. The molecule has 0 heterocycles. The number of hydrogen-bond donors (Lipinski definition) is 2. The van der Waals surface area contributed by atoms with Gasteiger partial charge in [-0.3, -0.25) is 4.79 Å². The summed E-state index contributed by atoms with van der Waals surface area (Å²) in [6.45, 7) is 2.31. The van der Waals surface area contributed by atoms with Gasteiger partial charge in [0.2, 0.25) is 5.91 Å². The summed E-state index contributed by atoms with van der Waals surface area (Å²) in [5.41, 5.74) is 1.14. The second kappa shape index (κ2) is 9.94. The van der Waals surface area contributed by atoms with E-state index < -0.39 is 12.0 Å². The Hall–Kier alpha value is -1.88. The van der Waals surface area contributed by atoms with Gasteiger partial charge in [0, 0.05) is 0 Å². The van der Waals surface area contributed by atoms with Gasteiger partial charge in [-0.2, -0.15) is 0 Å². The number of carboxylic acid groups (broad SMARTS) is 1. The van der Waals surface area contributed by atoms with E-state index in [0.717, 1.165) is 24.8 Å². The van der Waals surface area contributed by atoms with Gasteiger partial charge in [0.05, 0.1) is 6.61 Å². The molecule has 1 amide bonds. The fourth-order valence-corrected chi connectivity index (χ4v) is 1.90. The molecular weight excluding hydrogens is 270 g/mol. The smallest absolute Gasteiger partial charge is 0.326 e. The molecule has 2 N–H and O–H groups in total. The van der Waals surface area contributed by atoms with Crippen LogP contribution in [0.4, 0.5) is 0 Å². The summed E-state index contributed by atoms with van der Waals surface area (Å²) in [7, 11) is 0. The molecule has 0 saturated carbocycles. The predicted octanol–water partition coefficient (Wildman–Crippen LogP) is 2.01. The van der Waals surface area contributed by atoms with E-state index in [-0.39, 0.29) is 12.5 Å². The van der Waals surface area contributed by atoms with Gasteiger partial charge in [0.15, 0.2) is 0 Å². The molecule has 1 aromatic rings. The molecule has 0 bridgehead atoms. The van der Waals surface area contributed by atoms with Crippen LogP contribution in [0.3, 0.4) is 0 Å². The van der Waals surface area contributed by atoms with Gasteiger partial charge in [-0.05, 0) is 18.4 Å². The van der Waals surface area contributed by atoms with Crippen LogP contribution in [-0.4, -0.2) is 36.2 Å². The Bertz CT molecular complexity index is 433. The third-order valence-electron chi connectivity index (χ3n) is 3.09. The number of carbonyl (C=O) groups excluding carboxylic acids is 1. The minimum atomic E-state index is -0.999. The van der Waals surface area contributed by atoms with Crippen molar-refractivity contribution in [1.82, 2.24) is 5.32 Å². The molecule has 1 rings (SSSR count). The van der Waals surface area contributed by atoms with E-state index >= 15 is 0 Å². The number of hydrogen-bond acceptors (Lipinski definition) is 3. The van der Waals surface area contributed by atoms with E-state index in [1.807, 2.05) is 37.3 Å². The molecule has 0 unspecified atom stereocenters. The molecule has 0 aliphatic heterocycles. The van der Waals surface area contributed by atoms with Crippen molar-refractivity contribution in [2.24, 2.45) is 0 Å². The van der Waals surface area contributed by atoms with E-state index in [1.54, 1.807) is 0 Å². The van der Waals surface area contributed by atoms with Gasteiger partial charge < -0.3 is 15.2 Å². The molecule has 5 heteroatoms. The molecule has 1 atom stereocenters. The molecular formula is C16H23NO4. The maximum atomic E-state index is 11.6. The number of carbonyl (C=O) groups is 2. The summed E-state index contributed by atoms with van der Waals surface area (Å²) in [5.74, 6) is -1.38. The summed E-state index contributed by atoms with van der Waals surface area (Å²) in [6, 6.07) is 9.01. The third kappa shape index (κ3) is 7.46. The number of nitrogens with one attached hydrogen (secondary N) is 1. The standard InChI is InChI=1S/C16H23NO4/c1-2-3-9-14(16(19)20)17-15(18)12-21-11-10-13-7-5-4-6-8-13/h4-8,14H,2-3,9-12H2,1H3,(H,17,18)(H,19,20)/t14-/m0/s1.